The van der Waals surface area contributed by atoms with Crippen molar-refractivity contribution in [1.29, 1.82) is 0 Å². The molecule has 2 aliphatic rings. The lowest BCUT2D eigenvalue weighted by molar-refractivity contribution is -0.0453. The Kier molecular flexibility index (Phi) is 4.24. The summed E-state index contributed by atoms with van der Waals surface area (Å²) in [7, 11) is 0. The lowest BCUT2D eigenvalue weighted by atomic mass is 9.89. The molecule has 1 spiro atoms. The summed E-state index contributed by atoms with van der Waals surface area (Å²) < 4.78 is 12.1. The van der Waals surface area contributed by atoms with Gasteiger partial charge in [0.1, 0.15) is 11.9 Å². The van der Waals surface area contributed by atoms with Crippen molar-refractivity contribution in [2.45, 2.75) is 31.0 Å². The highest BCUT2D eigenvalue weighted by Gasteiger charge is 2.45. The molecule has 0 aromatic carbocycles. The third kappa shape index (κ3) is 3.16. The first kappa shape index (κ1) is 15.6. The molecular formula is C18H20N2O3S. The minimum absolute atomic E-state index is 0.0189. The van der Waals surface area contributed by atoms with Gasteiger partial charge in [-0.3, -0.25) is 9.78 Å². The van der Waals surface area contributed by atoms with Crippen molar-refractivity contribution in [1.82, 2.24) is 9.88 Å². The second-order valence-electron chi connectivity index (χ2n) is 6.47. The molecule has 0 aliphatic carbocycles. The fraction of sp³-hybridized carbons (Fsp3) is 0.444. The van der Waals surface area contributed by atoms with Gasteiger partial charge in [-0.1, -0.05) is 0 Å². The average Bonchev–Trinajstić information content (AvgIpc) is 3.26. The first-order valence-electron chi connectivity index (χ1n) is 8.26. The zero-order valence-corrected chi connectivity index (χ0v) is 14.2. The Labute approximate surface area is 145 Å². The van der Waals surface area contributed by atoms with E-state index in [1.807, 2.05) is 33.9 Å². The van der Waals surface area contributed by atoms with Gasteiger partial charge in [-0.2, -0.15) is 11.3 Å². The molecule has 2 atom stereocenters. The Morgan fingerprint density at radius 1 is 1.46 bits per heavy atom. The van der Waals surface area contributed by atoms with E-state index < -0.39 is 0 Å². The van der Waals surface area contributed by atoms with Crippen LogP contribution in [0.5, 0.6) is 5.75 Å². The van der Waals surface area contributed by atoms with E-state index in [0.717, 1.165) is 37.1 Å². The first-order valence-corrected chi connectivity index (χ1v) is 9.21. The summed E-state index contributed by atoms with van der Waals surface area (Å²) in [5.41, 5.74) is 0.509. The van der Waals surface area contributed by atoms with E-state index in [-0.39, 0.29) is 17.6 Å². The van der Waals surface area contributed by atoms with Gasteiger partial charge in [0, 0.05) is 24.5 Å². The van der Waals surface area contributed by atoms with Crippen molar-refractivity contribution in [3.63, 3.8) is 0 Å². The third-order valence-electron chi connectivity index (χ3n) is 4.71. The molecule has 0 saturated carbocycles. The highest BCUT2D eigenvalue weighted by molar-refractivity contribution is 7.08. The number of likely N-dealkylation sites (tertiary alicyclic amines) is 1. The molecule has 2 unspecified atom stereocenters. The van der Waals surface area contributed by atoms with Gasteiger partial charge in [-0.25, -0.2) is 0 Å². The number of thiophene rings is 1. The van der Waals surface area contributed by atoms with Gasteiger partial charge < -0.3 is 14.4 Å². The molecule has 4 rings (SSSR count). The Hall–Kier alpha value is -1.92. The van der Waals surface area contributed by atoms with E-state index in [9.17, 15) is 4.79 Å². The van der Waals surface area contributed by atoms with Crippen LogP contribution in [0.25, 0.3) is 0 Å². The topological polar surface area (TPSA) is 51.7 Å². The van der Waals surface area contributed by atoms with Crippen LogP contribution in [0.3, 0.4) is 0 Å². The van der Waals surface area contributed by atoms with Crippen LogP contribution in [0, 0.1) is 0 Å². The SMILES string of the molecule is O=C(c1ccsc1)N1CCCC2(CC(Oc3cccnc3)CO2)C1. The smallest absolute Gasteiger partial charge is 0.254 e. The van der Waals surface area contributed by atoms with Crippen molar-refractivity contribution < 1.29 is 14.3 Å². The predicted molar refractivity (Wildman–Crippen MR) is 91.4 cm³/mol. The van der Waals surface area contributed by atoms with Crippen molar-refractivity contribution >= 4 is 17.2 Å². The number of aromatic nitrogens is 1. The average molecular weight is 344 g/mol. The minimum atomic E-state index is -0.267. The monoisotopic (exact) mass is 344 g/mol. The van der Waals surface area contributed by atoms with Gasteiger partial charge in [0.25, 0.3) is 5.91 Å². The summed E-state index contributed by atoms with van der Waals surface area (Å²) in [6, 6.07) is 5.66. The van der Waals surface area contributed by atoms with Crippen LogP contribution in [0.1, 0.15) is 29.6 Å². The maximum absolute atomic E-state index is 12.6. The number of carbonyl (C=O) groups is 1. The van der Waals surface area contributed by atoms with E-state index in [2.05, 4.69) is 4.98 Å². The number of hydrogen-bond donors (Lipinski definition) is 0. The number of piperidine rings is 1. The molecule has 0 radical (unpaired) electrons. The number of pyridine rings is 1. The van der Waals surface area contributed by atoms with Crippen LogP contribution >= 0.6 is 11.3 Å². The van der Waals surface area contributed by atoms with E-state index in [1.165, 1.54) is 0 Å². The molecule has 5 nitrogen and oxygen atoms in total. The van der Waals surface area contributed by atoms with Gasteiger partial charge in [-0.15, -0.1) is 0 Å². The maximum atomic E-state index is 12.6. The maximum Gasteiger partial charge on any atom is 0.254 e. The highest BCUT2D eigenvalue weighted by atomic mass is 32.1. The quantitative estimate of drug-likeness (QED) is 0.859. The molecule has 126 valence electrons. The molecule has 2 aromatic rings. The van der Waals surface area contributed by atoms with Crippen LogP contribution in [-0.2, 0) is 4.74 Å². The molecule has 2 aliphatic heterocycles. The molecule has 6 heteroatoms. The minimum Gasteiger partial charge on any atom is -0.486 e. The summed E-state index contributed by atoms with van der Waals surface area (Å²) in [4.78, 5) is 18.6. The Balaban J connectivity index is 1.41. The summed E-state index contributed by atoms with van der Waals surface area (Å²) >= 11 is 1.55. The van der Waals surface area contributed by atoms with Crippen LogP contribution in [0.2, 0.25) is 0 Å². The highest BCUT2D eigenvalue weighted by Crippen LogP contribution is 2.36. The molecule has 4 heterocycles. The summed E-state index contributed by atoms with van der Waals surface area (Å²) in [6.07, 6.45) is 6.23. The Bertz CT molecular complexity index is 692. The van der Waals surface area contributed by atoms with Crippen molar-refractivity contribution in [3.05, 3.63) is 46.9 Å². The van der Waals surface area contributed by atoms with Crippen LogP contribution in [0.15, 0.2) is 41.4 Å². The van der Waals surface area contributed by atoms with Crippen LogP contribution < -0.4 is 4.74 Å². The molecule has 2 saturated heterocycles. The number of rotatable bonds is 3. The van der Waals surface area contributed by atoms with Crippen LogP contribution in [-0.4, -0.2) is 47.2 Å². The number of nitrogens with zero attached hydrogens (tertiary/aromatic N) is 2. The molecule has 0 bridgehead atoms. The Morgan fingerprint density at radius 2 is 2.42 bits per heavy atom. The van der Waals surface area contributed by atoms with E-state index in [1.54, 1.807) is 23.7 Å². The number of carbonyl (C=O) groups excluding carboxylic acids is 1. The van der Waals surface area contributed by atoms with Gasteiger partial charge in [-0.05, 0) is 36.4 Å². The van der Waals surface area contributed by atoms with Crippen molar-refractivity contribution in [2.24, 2.45) is 0 Å². The van der Waals surface area contributed by atoms with Crippen molar-refractivity contribution in [2.75, 3.05) is 19.7 Å². The fourth-order valence-electron chi connectivity index (χ4n) is 3.61. The van der Waals surface area contributed by atoms with Gasteiger partial charge in [0.05, 0.1) is 30.5 Å². The zero-order chi connectivity index (χ0) is 16.4. The number of hydrogen-bond acceptors (Lipinski definition) is 5. The second-order valence-corrected chi connectivity index (χ2v) is 7.25. The summed E-state index contributed by atoms with van der Waals surface area (Å²) in [6.45, 7) is 2.01. The van der Waals surface area contributed by atoms with Crippen molar-refractivity contribution in [3.8, 4) is 5.75 Å². The van der Waals surface area contributed by atoms with Crippen LogP contribution in [0.4, 0.5) is 0 Å². The second kappa shape index (κ2) is 6.53. The largest absolute Gasteiger partial charge is 0.486 e. The Morgan fingerprint density at radius 3 is 3.21 bits per heavy atom. The lowest BCUT2D eigenvalue weighted by Gasteiger charge is -2.39. The normalized spacial score (nSPS) is 26.7. The van der Waals surface area contributed by atoms with E-state index in [0.29, 0.717) is 13.2 Å². The summed E-state index contributed by atoms with van der Waals surface area (Å²) in [5, 5.41) is 3.85. The molecule has 1 amide bonds. The fourth-order valence-corrected chi connectivity index (χ4v) is 4.24. The molecule has 2 aromatic heterocycles. The molecule has 2 fully saturated rings. The standard InChI is InChI=1S/C18H20N2O3S/c21-17(14-4-8-24-12-14)20-7-2-5-18(13-20)9-16(11-22-18)23-15-3-1-6-19-10-15/h1,3-4,6,8,10,12,16H,2,5,7,9,11,13H2. The van der Waals surface area contributed by atoms with Gasteiger partial charge in [0.15, 0.2) is 0 Å². The third-order valence-corrected chi connectivity index (χ3v) is 5.39. The number of amides is 1. The predicted octanol–water partition coefficient (Wildman–Crippen LogP) is 2.99. The van der Waals surface area contributed by atoms with Gasteiger partial charge in [0.2, 0.25) is 0 Å². The van der Waals surface area contributed by atoms with E-state index >= 15 is 0 Å². The molecule has 0 N–H and O–H groups in total. The summed E-state index contributed by atoms with van der Waals surface area (Å²) in [5.74, 6) is 0.876. The van der Waals surface area contributed by atoms with Gasteiger partial charge >= 0.3 is 0 Å². The number of ether oxygens (including phenoxy) is 2. The van der Waals surface area contributed by atoms with E-state index in [4.69, 9.17) is 9.47 Å². The molecule has 24 heavy (non-hydrogen) atoms. The first-order chi connectivity index (χ1) is 11.7. The molecular weight excluding hydrogens is 324 g/mol. The zero-order valence-electron chi connectivity index (χ0n) is 13.4. The lowest BCUT2D eigenvalue weighted by Crippen LogP contribution is -2.50.